The van der Waals surface area contributed by atoms with Crippen molar-refractivity contribution < 1.29 is 9.47 Å². The van der Waals surface area contributed by atoms with Crippen LogP contribution in [0.3, 0.4) is 0 Å². The summed E-state index contributed by atoms with van der Waals surface area (Å²) in [7, 11) is 3.47. The molecule has 2 aliphatic rings. The maximum atomic E-state index is 5.63. The third kappa shape index (κ3) is 3.36. The maximum Gasteiger partial charge on any atom is 0.126 e. The Kier molecular flexibility index (Phi) is 4.98. The van der Waals surface area contributed by atoms with Gasteiger partial charge < -0.3 is 9.47 Å². The van der Waals surface area contributed by atoms with Gasteiger partial charge in [0.2, 0.25) is 0 Å². The lowest BCUT2D eigenvalue weighted by atomic mass is 9.82. The van der Waals surface area contributed by atoms with Gasteiger partial charge in [0.1, 0.15) is 11.5 Å². The molecule has 2 aliphatic heterocycles. The fourth-order valence-corrected chi connectivity index (χ4v) is 4.42. The van der Waals surface area contributed by atoms with E-state index in [0.717, 1.165) is 24.5 Å². The molecule has 1 saturated heterocycles. The Labute approximate surface area is 156 Å². The van der Waals surface area contributed by atoms with E-state index in [-0.39, 0.29) is 0 Å². The highest BCUT2D eigenvalue weighted by molar-refractivity contribution is 5.73. The van der Waals surface area contributed by atoms with Crippen molar-refractivity contribution in [2.24, 2.45) is 0 Å². The van der Waals surface area contributed by atoms with E-state index in [1.807, 2.05) is 12.1 Å². The van der Waals surface area contributed by atoms with E-state index in [9.17, 15) is 0 Å². The summed E-state index contributed by atoms with van der Waals surface area (Å²) in [5.74, 6) is 1.82. The Morgan fingerprint density at radius 1 is 1.00 bits per heavy atom. The minimum absolute atomic E-state index is 0.508. The van der Waals surface area contributed by atoms with E-state index >= 15 is 0 Å². The summed E-state index contributed by atoms with van der Waals surface area (Å²) in [6.07, 6.45) is 7.37. The molecule has 0 amide bonds. The number of nitrogens with zero attached hydrogens (tertiary/aromatic N) is 1. The minimum atomic E-state index is 0.508. The van der Waals surface area contributed by atoms with Crippen molar-refractivity contribution in [1.82, 2.24) is 4.90 Å². The van der Waals surface area contributed by atoms with E-state index in [4.69, 9.17) is 9.47 Å². The Morgan fingerprint density at radius 2 is 1.85 bits per heavy atom. The third-order valence-electron chi connectivity index (χ3n) is 5.74. The van der Waals surface area contributed by atoms with Crippen molar-refractivity contribution in [2.45, 2.75) is 44.3 Å². The molecule has 2 aromatic rings. The molecule has 2 heterocycles. The zero-order chi connectivity index (χ0) is 17.9. The lowest BCUT2D eigenvalue weighted by molar-refractivity contribution is 0.0950. The Balaban J connectivity index is 1.64. The second-order valence-corrected chi connectivity index (χ2v) is 7.27. The molecule has 1 fully saturated rings. The molecule has 3 nitrogen and oxygen atoms in total. The van der Waals surface area contributed by atoms with Gasteiger partial charge in [-0.3, -0.25) is 4.90 Å². The summed E-state index contributed by atoms with van der Waals surface area (Å²) in [5, 5.41) is 0. The van der Waals surface area contributed by atoms with Crippen molar-refractivity contribution in [2.75, 3.05) is 14.2 Å². The van der Waals surface area contributed by atoms with E-state index in [1.54, 1.807) is 14.2 Å². The monoisotopic (exact) mass is 349 g/mol. The molecule has 136 valence electrons. The van der Waals surface area contributed by atoms with Crippen LogP contribution in [0.4, 0.5) is 0 Å². The molecular weight excluding hydrogens is 322 g/mol. The number of rotatable bonds is 5. The van der Waals surface area contributed by atoms with Gasteiger partial charge in [0, 0.05) is 24.2 Å². The summed E-state index contributed by atoms with van der Waals surface area (Å²) in [5.41, 5.74) is 3.99. The molecule has 0 N–H and O–H groups in total. The predicted molar refractivity (Wildman–Crippen MR) is 106 cm³/mol. The average Bonchev–Trinajstić information content (AvgIpc) is 2.68. The average molecular weight is 349 g/mol. The van der Waals surface area contributed by atoms with Crippen molar-refractivity contribution >= 4 is 5.57 Å². The van der Waals surface area contributed by atoms with Crippen LogP contribution in [0.2, 0.25) is 0 Å². The number of methoxy groups -OCH3 is 2. The zero-order valence-electron chi connectivity index (χ0n) is 15.7. The second kappa shape index (κ2) is 7.55. The highest BCUT2D eigenvalue weighted by Gasteiger charge is 2.34. The van der Waals surface area contributed by atoms with Crippen molar-refractivity contribution in [3.05, 3.63) is 65.7 Å². The number of hydrogen-bond donors (Lipinski definition) is 0. The van der Waals surface area contributed by atoms with E-state index in [2.05, 4.69) is 47.4 Å². The Morgan fingerprint density at radius 3 is 2.58 bits per heavy atom. The van der Waals surface area contributed by atoms with Crippen LogP contribution < -0.4 is 9.47 Å². The third-order valence-corrected chi connectivity index (χ3v) is 5.74. The standard InChI is InChI=1S/C23H27NO2/c1-25-21-11-12-23(26-2)22(15-21)18-13-19-9-6-10-20(14-18)24(19)16-17-7-4-3-5-8-17/h3-5,7-8,11-13,15,19-20H,6,9-10,14,16H2,1-2H3. The van der Waals surface area contributed by atoms with Gasteiger partial charge in [0.05, 0.1) is 14.2 Å². The van der Waals surface area contributed by atoms with Gasteiger partial charge in [-0.15, -0.1) is 0 Å². The van der Waals surface area contributed by atoms with Crippen LogP contribution in [-0.2, 0) is 6.54 Å². The molecule has 3 heteroatoms. The van der Waals surface area contributed by atoms with Crippen molar-refractivity contribution in [1.29, 1.82) is 0 Å². The fraction of sp³-hybridized carbons (Fsp3) is 0.391. The van der Waals surface area contributed by atoms with E-state index in [1.165, 1.54) is 36.0 Å². The topological polar surface area (TPSA) is 21.7 Å². The van der Waals surface area contributed by atoms with Gasteiger partial charge in [-0.05, 0) is 48.6 Å². The van der Waals surface area contributed by atoms with Gasteiger partial charge >= 0.3 is 0 Å². The summed E-state index contributed by atoms with van der Waals surface area (Å²) in [4.78, 5) is 2.69. The summed E-state index contributed by atoms with van der Waals surface area (Å²) in [6, 6.07) is 18.0. The van der Waals surface area contributed by atoms with E-state index in [0.29, 0.717) is 12.1 Å². The lowest BCUT2D eigenvalue weighted by Crippen LogP contribution is -2.47. The van der Waals surface area contributed by atoms with Crippen LogP contribution in [0.15, 0.2) is 54.6 Å². The normalized spacial score (nSPS) is 22.6. The summed E-state index contributed by atoms with van der Waals surface area (Å²) >= 11 is 0. The molecule has 4 rings (SSSR count). The quantitative estimate of drug-likeness (QED) is 0.765. The number of piperidine rings is 1. The smallest absolute Gasteiger partial charge is 0.126 e. The van der Waals surface area contributed by atoms with Crippen molar-refractivity contribution in [3.8, 4) is 11.5 Å². The number of benzene rings is 2. The molecule has 0 saturated carbocycles. The van der Waals surface area contributed by atoms with Crippen LogP contribution in [0.5, 0.6) is 11.5 Å². The first kappa shape index (κ1) is 17.2. The highest BCUT2D eigenvalue weighted by atomic mass is 16.5. The molecule has 2 unspecified atom stereocenters. The van der Waals surface area contributed by atoms with Crippen LogP contribution in [-0.4, -0.2) is 31.2 Å². The van der Waals surface area contributed by atoms with Crippen LogP contribution >= 0.6 is 0 Å². The molecule has 0 radical (unpaired) electrons. The highest BCUT2D eigenvalue weighted by Crippen LogP contribution is 2.41. The van der Waals surface area contributed by atoms with Crippen LogP contribution in [0.1, 0.15) is 36.8 Å². The molecule has 0 spiro atoms. The summed E-state index contributed by atoms with van der Waals surface area (Å²) < 4.78 is 11.1. The number of fused-ring (bicyclic) bond motifs is 2. The van der Waals surface area contributed by atoms with Gasteiger partial charge in [-0.1, -0.05) is 42.8 Å². The fourth-order valence-electron chi connectivity index (χ4n) is 4.42. The molecule has 26 heavy (non-hydrogen) atoms. The molecule has 0 aromatic heterocycles. The SMILES string of the molecule is COc1ccc(OC)c(C2=CC3CCCC(C2)N3Cc2ccccc2)c1. The second-order valence-electron chi connectivity index (χ2n) is 7.27. The number of hydrogen-bond acceptors (Lipinski definition) is 3. The zero-order valence-corrected chi connectivity index (χ0v) is 15.7. The Hall–Kier alpha value is -2.26. The van der Waals surface area contributed by atoms with Gasteiger partial charge in [-0.2, -0.15) is 0 Å². The first-order valence-corrected chi connectivity index (χ1v) is 9.51. The molecule has 0 aliphatic carbocycles. The summed E-state index contributed by atoms with van der Waals surface area (Å²) in [6.45, 7) is 1.04. The number of ether oxygens (including phenoxy) is 2. The maximum absolute atomic E-state index is 5.63. The largest absolute Gasteiger partial charge is 0.497 e. The molecule has 2 bridgehead atoms. The van der Waals surface area contributed by atoms with Gasteiger partial charge in [-0.25, -0.2) is 0 Å². The first-order valence-electron chi connectivity index (χ1n) is 9.51. The van der Waals surface area contributed by atoms with Gasteiger partial charge in [0.25, 0.3) is 0 Å². The lowest BCUT2D eigenvalue weighted by Gasteiger charge is -2.45. The first-order chi connectivity index (χ1) is 12.8. The van der Waals surface area contributed by atoms with Crippen LogP contribution in [0, 0.1) is 0 Å². The Bertz CT molecular complexity index is 784. The van der Waals surface area contributed by atoms with E-state index < -0.39 is 0 Å². The van der Waals surface area contributed by atoms with Crippen molar-refractivity contribution in [3.63, 3.8) is 0 Å². The molecular formula is C23H27NO2. The molecule has 2 aromatic carbocycles. The molecule has 2 atom stereocenters. The van der Waals surface area contributed by atoms with Gasteiger partial charge in [0.15, 0.2) is 0 Å². The van der Waals surface area contributed by atoms with Crippen LogP contribution in [0.25, 0.3) is 5.57 Å². The predicted octanol–water partition coefficient (Wildman–Crippen LogP) is 4.91. The minimum Gasteiger partial charge on any atom is -0.497 e.